The third-order valence-electron chi connectivity index (χ3n) is 4.27. The van der Waals surface area contributed by atoms with Crippen molar-refractivity contribution in [2.24, 2.45) is 12.5 Å². The molecule has 0 aromatic carbocycles. The normalized spacial score (nSPS) is 21.4. The van der Waals surface area contributed by atoms with Gasteiger partial charge in [-0.25, -0.2) is 0 Å². The van der Waals surface area contributed by atoms with E-state index in [1.807, 2.05) is 24.1 Å². The van der Waals surface area contributed by atoms with Crippen LogP contribution in [0.25, 0.3) is 0 Å². The van der Waals surface area contributed by atoms with Crippen molar-refractivity contribution in [3.63, 3.8) is 0 Å². The van der Waals surface area contributed by atoms with Crippen molar-refractivity contribution < 1.29 is 5.11 Å². The van der Waals surface area contributed by atoms with Crippen molar-refractivity contribution in [1.82, 2.24) is 9.78 Å². The smallest absolute Gasteiger partial charge is 0.0597 e. The van der Waals surface area contributed by atoms with Gasteiger partial charge in [0.1, 0.15) is 0 Å². The van der Waals surface area contributed by atoms with Crippen LogP contribution in [0.2, 0.25) is 0 Å². The predicted molar refractivity (Wildman–Crippen MR) is 68.7 cm³/mol. The highest BCUT2D eigenvalue weighted by Gasteiger charge is 2.33. The average Bonchev–Trinajstić information content (AvgIpc) is 2.73. The Kier molecular flexibility index (Phi) is 3.87. The van der Waals surface area contributed by atoms with Gasteiger partial charge in [-0.1, -0.05) is 26.2 Å². The van der Waals surface area contributed by atoms with Gasteiger partial charge in [-0.05, 0) is 36.7 Å². The van der Waals surface area contributed by atoms with Gasteiger partial charge in [-0.15, -0.1) is 0 Å². The zero-order valence-corrected chi connectivity index (χ0v) is 11.0. The van der Waals surface area contributed by atoms with Gasteiger partial charge in [-0.3, -0.25) is 4.68 Å². The summed E-state index contributed by atoms with van der Waals surface area (Å²) in [6.45, 7) is 2.25. The second-order valence-electron chi connectivity index (χ2n) is 5.79. The van der Waals surface area contributed by atoms with Gasteiger partial charge in [0.25, 0.3) is 0 Å². The molecule has 1 aliphatic rings. The van der Waals surface area contributed by atoms with E-state index in [9.17, 15) is 5.11 Å². The standard InChI is InChI=1S/C14H24N2O/c1-14(8-4-3-5-9-14)13(17)7-6-12-10-15-16(2)11-12/h10-11,13,17H,3-9H2,1-2H3. The fourth-order valence-corrected chi connectivity index (χ4v) is 2.95. The highest BCUT2D eigenvalue weighted by Crippen LogP contribution is 2.40. The maximum Gasteiger partial charge on any atom is 0.0597 e. The molecule has 1 unspecified atom stereocenters. The summed E-state index contributed by atoms with van der Waals surface area (Å²) < 4.78 is 1.82. The van der Waals surface area contributed by atoms with Crippen molar-refractivity contribution in [3.8, 4) is 0 Å². The van der Waals surface area contributed by atoms with Gasteiger partial charge >= 0.3 is 0 Å². The molecule has 1 N–H and O–H groups in total. The molecule has 0 saturated heterocycles. The fraction of sp³-hybridized carbons (Fsp3) is 0.786. The molecular weight excluding hydrogens is 212 g/mol. The Labute approximate surface area is 104 Å². The molecular formula is C14H24N2O. The van der Waals surface area contributed by atoms with E-state index in [1.165, 1.54) is 37.7 Å². The second kappa shape index (κ2) is 5.21. The molecule has 1 aliphatic carbocycles. The van der Waals surface area contributed by atoms with Crippen LogP contribution in [0, 0.1) is 5.41 Å². The van der Waals surface area contributed by atoms with Crippen LogP contribution in [0.15, 0.2) is 12.4 Å². The highest BCUT2D eigenvalue weighted by atomic mass is 16.3. The minimum atomic E-state index is -0.164. The van der Waals surface area contributed by atoms with Gasteiger partial charge in [0, 0.05) is 13.2 Å². The molecule has 0 bridgehead atoms. The van der Waals surface area contributed by atoms with Crippen LogP contribution < -0.4 is 0 Å². The van der Waals surface area contributed by atoms with Gasteiger partial charge in [0.15, 0.2) is 0 Å². The Morgan fingerprint density at radius 1 is 1.41 bits per heavy atom. The largest absolute Gasteiger partial charge is 0.393 e. The average molecular weight is 236 g/mol. The van der Waals surface area contributed by atoms with Gasteiger partial charge in [-0.2, -0.15) is 5.10 Å². The van der Waals surface area contributed by atoms with Crippen LogP contribution in [-0.2, 0) is 13.5 Å². The lowest BCUT2D eigenvalue weighted by atomic mass is 9.70. The number of aryl methyl sites for hydroxylation is 2. The van der Waals surface area contributed by atoms with Crippen LogP contribution in [0.4, 0.5) is 0 Å². The third kappa shape index (κ3) is 3.09. The molecule has 3 heteroatoms. The van der Waals surface area contributed by atoms with E-state index in [4.69, 9.17) is 0 Å². The SMILES string of the molecule is Cn1cc(CCC(O)C2(C)CCCCC2)cn1. The lowest BCUT2D eigenvalue weighted by molar-refractivity contribution is 0.00454. The number of rotatable bonds is 4. The van der Waals surface area contributed by atoms with Crippen molar-refractivity contribution in [2.75, 3.05) is 0 Å². The molecule has 1 heterocycles. The van der Waals surface area contributed by atoms with E-state index in [1.54, 1.807) is 0 Å². The molecule has 1 saturated carbocycles. The summed E-state index contributed by atoms with van der Waals surface area (Å²) in [5, 5.41) is 14.5. The molecule has 1 atom stereocenters. The van der Waals surface area contributed by atoms with E-state index in [-0.39, 0.29) is 11.5 Å². The monoisotopic (exact) mass is 236 g/mol. The Hall–Kier alpha value is -0.830. The number of aromatic nitrogens is 2. The topological polar surface area (TPSA) is 38.0 Å². The van der Waals surface area contributed by atoms with Crippen molar-refractivity contribution in [3.05, 3.63) is 18.0 Å². The first-order chi connectivity index (χ1) is 8.10. The first-order valence-electron chi connectivity index (χ1n) is 6.76. The van der Waals surface area contributed by atoms with Gasteiger partial charge < -0.3 is 5.11 Å². The summed E-state index contributed by atoms with van der Waals surface area (Å²) in [4.78, 5) is 0. The van der Waals surface area contributed by atoms with Crippen LogP contribution in [0.1, 0.15) is 51.0 Å². The Bertz CT molecular complexity index is 353. The summed E-state index contributed by atoms with van der Waals surface area (Å²) in [5.41, 5.74) is 1.38. The molecule has 96 valence electrons. The summed E-state index contributed by atoms with van der Waals surface area (Å²) >= 11 is 0. The molecule has 1 aromatic rings. The molecule has 0 aliphatic heterocycles. The number of aliphatic hydroxyl groups is 1. The maximum atomic E-state index is 10.4. The summed E-state index contributed by atoms with van der Waals surface area (Å²) in [5.74, 6) is 0. The van der Waals surface area contributed by atoms with E-state index in [2.05, 4.69) is 12.0 Å². The third-order valence-corrected chi connectivity index (χ3v) is 4.27. The Balaban J connectivity index is 1.85. The Morgan fingerprint density at radius 3 is 2.71 bits per heavy atom. The molecule has 3 nitrogen and oxygen atoms in total. The van der Waals surface area contributed by atoms with Crippen LogP contribution in [0.3, 0.4) is 0 Å². The maximum absolute atomic E-state index is 10.4. The van der Waals surface area contributed by atoms with E-state index in [0.29, 0.717) is 0 Å². The predicted octanol–water partition coefficient (Wildman–Crippen LogP) is 2.68. The quantitative estimate of drug-likeness (QED) is 0.873. The summed E-state index contributed by atoms with van der Waals surface area (Å²) in [6.07, 6.45) is 11.8. The van der Waals surface area contributed by atoms with Crippen LogP contribution in [0.5, 0.6) is 0 Å². The molecule has 2 rings (SSSR count). The molecule has 1 fully saturated rings. The molecule has 0 radical (unpaired) electrons. The van der Waals surface area contributed by atoms with Crippen molar-refractivity contribution in [2.45, 2.75) is 58.0 Å². The molecule has 0 spiro atoms. The van der Waals surface area contributed by atoms with E-state index < -0.39 is 0 Å². The minimum absolute atomic E-state index is 0.153. The minimum Gasteiger partial charge on any atom is -0.393 e. The Morgan fingerprint density at radius 2 is 2.12 bits per heavy atom. The fourth-order valence-electron chi connectivity index (χ4n) is 2.95. The molecule has 1 aromatic heterocycles. The number of hydrogen-bond acceptors (Lipinski definition) is 2. The molecule has 0 amide bonds. The lowest BCUT2D eigenvalue weighted by Gasteiger charge is -2.38. The summed E-state index contributed by atoms with van der Waals surface area (Å²) in [7, 11) is 1.93. The lowest BCUT2D eigenvalue weighted by Crippen LogP contribution is -2.34. The summed E-state index contributed by atoms with van der Waals surface area (Å²) in [6, 6.07) is 0. The van der Waals surface area contributed by atoms with Crippen molar-refractivity contribution >= 4 is 0 Å². The number of nitrogens with zero attached hydrogens (tertiary/aromatic N) is 2. The van der Waals surface area contributed by atoms with Gasteiger partial charge in [0.2, 0.25) is 0 Å². The molecule has 17 heavy (non-hydrogen) atoms. The first kappa shape index (κ1) is 12.6. The zero-order chi connectivity index (χ0) is 12.3. The van der Waals surface area contributed by atoms with E-state index in [0.717, 1.165) is 12.8 Å². The number of aliphatic hydroxyl groups excluding tert-OH is 1. The van der Waals surface area contributed by atoms with E-state index >= 15 is 0 Å². The van der Waals surface area contributed by atoms with Crippen LogP contribution in [-0.4, -0.2) is 21.0 Å². The highest BCUT2D eigenvalue weighted by molar-refractivity contribution is 5.04. The van der Waals surface area contributed by atoms with Gasteiger partial charge in [0.05, 0.1) is 12.3 Å². The first-order valence-corrected chi connectivity index (χ1v) is 6.76. The van der Waals surface area contributed by atoms with Crippen LogP contribution >= 0.6 is 0 Å². The second-order valence-corrected chi connectivity index (χ2v) is 5.79. The number of hydrogen-bond donors (Lipinski definition) is 1. The van der Waals surface area contributed by atoms with Crippen molar-refractivity contribution in [1.29, 1.82) is 0 Å². The zero-order valence-electron chi connectivity index (χ0n) is 11.0.